The van der Waals surface area contributed by atoms with Crippen molar-refractivity contribution in [3.05, 3.63) is 63.9 Å². The monoisotopic (exact) mass is 290 g/mol. The van der Waals surface area contributed by atoms with Crippen molar-refractivity contribution in [3.8, 4) is 0 Å². The zero-order chi connectivity index (χ0) is 12.1. The predicted molar refractivity (Wildman–Crippen MR) is 73.7 cm³/mol. The van der Waals surface area contributed by atoms with E-state index in [0.717, 1.165) is 17.6 Å². The summed E-state index contributed by atoms with van der Waals surface area (Å²) in [6, 6.07) is 10.5. The number of nitrogens with zero attached hydrogens (tertiary/aromatic N) is 1. The lowest BCUT2D eigenvalue weighted by molar-refractivity contribution is 0.688. The SMILES string of the molecule is Cc1ccccc1CNCc1cncc(Br)c1. The van der Waals surface area contributed by atoms with Crippen LogP contribution in [0.3, 0.4) is 0 Å². The second kappa shape index (κ2) is 5.94. The fraction of sp³-hybridized carbons (Fsp3) is 0.214. The Bertz CT molecular complexity index is 497. The molecule has 0 atom stereocenters. The number of pyridine rings is 1. The first-order valence-corrected chi connectivity index (χ1v) is 6.39. The Labute approximate surface area is 110 Å². The molecule has 2 aromatic rings. The molecule has 88 valence electrons. The first kappa shape index (κ1) is 12.3. The number of aromatic nitrogens is 1. The molecule has 0 aliphatic rings. The summed E-state index contributed by atoms with van der Waals surface area (Å²) in [5.41, 5.74) is 3.86. The number of nitrogens with one attached hydrogen (secondary N) is 1. The van der Waals surface area contributed by atoms with Crippen LogP contribution in [-0.2, 0) is 13.1 Å². The van der Waals surface area contributed by atoms with E-state index in [-0.39, 0.29) is 0 Å². The standard InChI is InChI=1S/C14H15BrN2/c1-11-4-2-3-5-13(11)9-16-7-12-6-14(15)10-17-8-12/h2-6,8,10,16H,7,9H2,1H3. The van der Waals surface area contributed by atoms with Gasteiger partial charge < -0.3 is 5.32 Å². The smallest absolute Gasteiger partial charge is 0.0410 e. The number of hydrogen-bond donors (Lipinski definition) is 1. The van der Waals surface area contributed by atoms with E-state index in [1.807, 2.05) is 6.20 Å². The van der Waals surface area contributed by atoms with Crippen LogP contribution in [0.1, 0.15) is 16.7 Å². The molecule has 2 nitrogen and oxygen atoms in total. The van der Waals surface area contributed by atoms with Gasteiger partial charge in [0.1, 0.15) is 0 Å². The minimum atomic E-state index is 0.834. The minimum Gasteiger partial charge on any atom is -0.309 e. The molecule has 0 aliphatic carbocycles. The van der Waals surface area contributed by atoms with Crippen molar-refractivity contribution in [1.29, 1.82) is 0 Å². The molecular weight excluding hydrogens is 276 g/mol. The van der Waals surface area contributed by atoms with Gasteiger partial charge in [-0.2, -0.15) is 0 Å². The van der Waals surface area contributed by atoms with Gasteiger partial charge in [-0.15, -0.1) is 0 Å². The van der Waals surface area contributed by atoms with E-state index in [9.17, 15) is 0 Å². The van der Waals surface area contributed by atoms with Gasteiger partial charge >= 0.3 is 0 Å². The van der Waals surface area contributed by atoms with Crippen LogP contribution in [0.4, 0.5) is 0 Å². The zero-order valence-electron chi connectivity index (χ0n) is 9.78. The van der Waals surface area contributed by atoms with Gasteiger partial charge in [-0.25, -0.2) is 0 Å². The summed E-state index contributed by atoms with van der Waals surface area (Å²) >= 11 is 3.42. The molecule has 3 heteroatoms. The van der Waals surface area contributed by atoms with Crippen LogP contribution < -0.4 is 5.32 Å². The van der Waals surface area contributed by atoms with Crippen molar-refractivity contribution in [3.63, 3.8) is 0 Å². The molecule has 1 aromatic heterocycles. The van der Waals surface area contributed by atoms with Crippen LogP contribution >= 0.6 is 15.9 Å². The number of aryl methyl sites for hydroxylation is 1. The third-order valence-electron chi connectivity index (χ3n) is 2.67. The Morgan fingerprint density at radius 1 is 1.18 bits per heavy atom. The highest BCUT2D eigenvalue weighted by atomic mass is 79.9. The largest absolute Gasteiger partial charge is 0.309 e. The Balaban J connectivity index is 1.90. The normalized spacial score (nSPS) is 10.5. The third kappa shape index (κ3) is 3.65. The quantitative estimate of drug-likeness (QED) is 0.933. The van der Waals surface area contributed by atoms with Crippen LogP contribution in [0.5, 0.6) is 0 Å². The van der Waals surface area contributed by atoms with Crippen molar-refractivity contribution >= 4 is 15.9 Å². The fourth-order valence-corrected chi connectivity index (χ4v) is 2.11. The second-order valence-corrected chi connectivity index (χ2v) is 4.96. The maximum absolute atomic E-state index is 4.14. The van der Waals surface area contributed by atoms with Gasteiger partial charge in [-0.3, -0.25) is 4.98 Å². The van der Waals surface area contributed by atoms with E-state index < -0.39 is 0 Å². The van der Waals surface area contributed by atoms with Crippen molar-refractivity contribution in [2.45, 2.75) is 20.0 Å². The van der Waals surface area contributed by atoms with E-state index in [1.165, 1.54) is 16.7 Å². The Morgan fingerprint density at radius 3 is 2.76 bits per heavy atom. The second-order valence-electron chi connectivity index (χ2n) is 4.04. The summed E-state index contributed by atoms with van der Waals surface area (Å²) in [4.78, 5) is 4.14. The zero-order valence-corrected chi connectivity index (χ0v) is 11.4. The highest BCUT2D eigenvalue weighted by Crippen LogP contribution is 2.10. The molecule has 17 heavy (non-hydrogen) atoms. The first-order valence-electron chi connectivity index (χ1n) is 5.60. The highest BCUT2D eigenvalue weighted by molar-refractivity contribution is 9.10. The summed E-state index contributed by atoms with van der Waals surface area (Å²) in [5.74, 6) is 0. The van der Waals surface area contributed by atoms with Gasteiger partial charge in [-0.1, -0.05) is 24.3 Å². The average Bonchev–Trinajstić information content (AvgIpc) is 2.32. The highest BCUT2D eigenvalue weighted by Gasteiger charge is 1.98. The van der Waals surface area contributed by atoms with E-state index in [2.05, 4.69) is 63.5 Å². The number of benzene rings is 1. The van der Waals surface area contributed by atoms with Crippen LogP contribution in [0.25, 0.3) is 0 Å². The van der Waals surface area contributed by atoms with Crippen molar-refractivity contribution < 1.29 is 0 Å². The minimum absolute atomic E-state index is 0.834. The molecule has 0 radical (unpaired) electrons. The summed E-state index contributed by atoms with van der Waals surface area (Å²) < 4.78 is 1.02. The van der Waals surface area contributed by atoms with Gasteiger partial charge in [0.2, 0.25) is 0 Å². The van der Waals surface area contributed by atoms with Crippen LogP contribution in [0.2, 0.25) is 0 Å². The predicted octanol–water partition coefficient (Wildman–Crippen LogP) is 3.44. The van der Waals surface area contributed by atoms with Gasteiger partial charge in [0, 0.05) is 30.0 Å². The van der Waals surface area contributed by atoms with Crippen molar-refractivity contribution in [1.82, 2.24) is 10.3 Å². The maximum atomic E-state index is 4.14. The molecular formula is C14H15BrN2. The molecule has 1 N–H and O–H groups in total. The van der Waals surface area contributed by atoms with E-state index in [1.54, 1.807) is 6.20 Å². The van der Waals surface area contributed by atoms with Crippen LogP contribution in [0, 0.1) is 6.92 Å². The first-order chi connectivity index (χ1) is 8.25. The molecule has 0 bridgehead atoms. The Morgan fingerprint density at radius 2 is 2.00 bits per heavy atom. The molecule has 1 aromatic carbocycles. The summed E-state index contributed by atoms with van der Waals surface area (Å²) in [7, 11) is 0. The molecule has 2 rings (SSSR count). The lowest BCUT2D eigenvalue weighted by Gasteiger charge is -2.07. The van der Waals surface area contributed by atoms with Gasteiger partial charge in [0.15, 0.2) is 0 Å². The van der Waals surface area contributed by atoms with E-state index in [0.29, 0.717) is 0 Å². The van der Waals surface area contributed by atoms with E-state index in [4.69, 9.17) is 0 Å². The maximum Gasteiger partial charge on any atom is 0.0410 e. The molecule has 1 heterocycles. The van der Waals surface area contributed by atoms with Gasteiger partial charge in [-0.05, 0) is 45.6 Å². The molecule has 0 fully saturated rings. The molecule has 0 amide bonds. The van der Waals surface area contributed by atoms with E-state index >= 15 is 0 Å². The summed E-state index contributed by atoms with van der Waals surface area (Å²) in [6.45, 7) is 3.86. The molecule has 0 spiro atoms. The number of hydrogen-bond acceptors (Lipinski definition) is 2. The average molecular weight is 291 g/mol. The Hall–Kier alpha value is -1.19. The molecule has 0 aliphatic heterocycles. The third-order valence-corrected chi connectivity index (χ3v) is 3.10. The van der Waals surface area contributed by atoms with Crippen LogP contribution in [-0.4, -0.2) is 4.98 Å². The molecule has 0 unspecified atom stereocenters. The van der Waals surface area contributed by atoms with Crippen LogP contribution in [0.15, 0.2) is 47.2 Å². The van der Waals surface area contributed by atoms with Gasteiger partial charge in [0.25, 0.3) is 0 Å². The molecule has 0 saturated heterocycles. The number of rotatable bonds is 4. The summed E-state index contributed by atoms with van der Waals surface area (Å²) in [5, 5.41) is 3.43. The molecule has 0 saturated carbocycles. The van der Waals surface area contributed by atoms with Gasteiger partial charge in [0.05, 0.1) is 0 Å². The Kier molecular flexibility index (Phi) is 4.29. The topological polar surface area (TPSA) is 24.9 Å². The summed E-state index contributed by atoms with van der Waals surface area (Å²) in [6.07, 6.45) is 3.68. The van der Waals surface area contributed by atoms with Crippen molar-refractivity contribution in [2.24, 2.45) is 0 Å². The number of halogens is 1. The fourth-order valence-electron chi connectivity index (χ4n) is 1.70. The lowest BCUT2D eigenvalue weighted by Crippen LogP contribution is -2.13. The lowest BCUT2D eigenvalue weighted by atomic mass is 10.1. The van der Waals surface area contributed by atoms with Crippen molar-refractivity contribution in [2.75, 3.05) is 0 Å².